The quantitative estimate of drug-likeness (QED) is 0.184. The summed E-state index contributed by atoms with van der Waals surface area (Å²) in [4.78, 5) is 0. The first kappa shape index (κ1) is 34.3. The van der Waals surface area contributed by atoms with Crippen LogP contribution in [0.1, 0.15) is 84.5 Å². The molecule has 0 saturated carbocycles. The average molecular weight is 419 g/mol. The van der Waals surface area contributed by atoms with E-state index in [0.29, 0.717) is 12.8 Å². The van der Waals surface area contributed by atoms with E-state index in [1.54, 1.807) is 0 Å². The largest absolute Gasteiger partial charge is 1.00 e. The number of hydrogen-bond acceptors (Lipinski definition) is 6. The van der Waals surface area contributed by atoms with E-state index < -0.39 is 20.2 Å². The second-order valence-corrected chi connectivity index (χ2v) is 8.75. The summed E-state index contributed by atoms with van der Waals surface area (Å²) in [5, 5.41) is 0. The normalized spacial score (nSPS) is 10.9. The Morgan fingerprint density at radius 2 is 0.760 bits per heavy atom. The summed E-state index contributed by atoms with van der Waals surface area (Å²) in [5.41, 5.74) is 0. The van der Waals surface area contributed by atoms with Crippen LogP contribution in [0.2, 0.25) is 0 Å². The maximum atomic E-state index is 10.2. The summed E-state index contributed by atoms with van der Waals surface area (Å²) in [5.74, 6) is -0.393. The Labute approximate surface area is 199 Å². The summed E-state index contributed by atoms with van der Waals surface area (Å²) < 4.78 is 60.8. The molecular weight excluding hydrogens is 386 g/mol. The van der Waals surface area contributed by atoms with E-state index in [1.165, 1.54) is 12.8 Å². The van der Waals surface area contributed by atoms with Crippen molar-refractivity contribution in [2.45, 2.75) is 84.5 Å². The van der Waals surface area contributed by atoms with Gasteiger partial charge in [0, 0.05) is 11.5 Å². The maximum Gasteiger partial charge on any atom is 1.00 e. The van der Waals surface area contributed by atoms with Crippen molar-refractivity contribution in [3.05, 3.63) is 0 Å². The summed E-state index contributed by atoms with van der Waals surface area (Å²) in [6.07, 6.45) is 10.6. The van der Waals surface area contributed by atoms with E-state index in [2.05, 4.69) is 13.8 Å². The van der Waals surface area contributed by atoms with E-state index in [1.807, 2.05) is 0 Å². The second-order valence-electron chi connectivity index (χ2n) is 5.71. The maximum absolute atomic E-state index is 10.2. The molecular formula is C15H32Na2O6S2. The SMILES string of the molecule is CCCCCCCCS(=O)(=O)[O-].CCCCCCCS(=O)(=O)[O-].[Na+].[Na+]. The molecule has 0 fully saturated rings. The molecule has 0 spiro atoms. The van der Waals surface area contributed by atoms with Crippen LogP contribution in [-0.2, 0) is 20.2 Å². The first-order valence-electron chi connectivity index (χ1n) is 8.49. The van der Waals surface area contributed by atoms with Crippen LogP contribution in [0.5, 0.6) is 0 Å². The molecule has 6 nitrogen and oxygen atoms in total. The Bertz CT molecular complexity index is 453. The van der Waals surface area contributed by atoms with Gasteiger partial charge in [-0.25, -0.2) is 16.8 Å². The van der Waals surface area contributed by atoms with Gasteiger partial charge in [0.2, 0.25) is 0 Å². The fourth-order valence-electron chi connectivity index (χ4n) is 1.94. The van der Waals surface area contributed by atoms with E-state index in [9.17, 15) is 25.9 Å². The van der Waals surface area contributed by atoms with Gasteiger partial charge in [0.1, 0.15) is 0 Å². The smallest absolute Gasteiger partial charge is 0.748 e. The van der Waals surface area contributed by atoms with Crippen LogP contribution in [0.15, 0.2) is 0 Å². The van der Waals surface area contributed by atoms with Crippen LogP contribution in [-0.4, -0.2) is 37.4 Å². The van der Waals surface area contributed by atoms with Gasteiger partial charge < -0.3 is 9.11 Å². The third-order valence-corrected chi connectivity index (χ3v) is 4.82. The van der Waals surface area contributed by atoms with Crippen LogP contribution in [0.4, 0.5) is 0 Å². The molecule has 0 radical (unpaired) electrons. The molecule has 0 atom stereocenters. The molecule has 0 aliphatic carbocycles. The molecule has 0 aromatic heterocycles. The molecule has 0 aliphatic heterocycles. The molecule has 0 aromatic rings. The number of unbranched alkanes of at least 4 members (excludes halogenated alkanes) is 9. The van der Waals surface area contributed by atoms with Crippen molar-refractivity contribution in [2.24, 2.45) is 0 Å². The van der Waals surface area contributed by atoms with Crippen LogP contribution in [0.25, 0.3) is 0 Å². The van der Waals surface area contributed by atoms with Gasteiger partial charge in [-0.05, 0) is 12.8 Å². The van der Waals surface area contributed by atoms with Crippen molar-refractivity contribution in [1.29, 1.82) is 0 Å². The van der Waals surface area contributed by atoms with Gasteiger partial charge in [0.15, 0.2) is 0 Å². The van der Waals surface area contributed by atoms with Crippen molar-refractivity contribution >= 4 is 20.2 Å². The van der Waals surface area contributed by atoms with Crippen molar-refractivity contribution in [1.82, 2.24) is 0 Å². The molecule has 10 heteroatoms. The zero-order chi connectivity index (χ0) is 18.2. The molecule has 0 aromatic carbocycles. The zero-order valence-corrected chi connectivity index (χ0v) is 22.1. The fourth-order valence-corrected chi connectivity index (χ4v) is 3.06. The average Bonchev–Trinajstić information content (AvgIpc) is 2.41. The first-order valence-corrected chi connectivity index (χ1v) is 11.6. The summed E-state index contributed by atoms with van der Waals surface area (Å²) in [7, 11) is -7.93. The van der Waals surface area contributed by atoms with E-state index in [-0.39, 0.29) is 70.6 Å². The Kier molecular flexibility index (Phi) is 30.4. The molecule has 0 unspecified atom stereocenters. The van der Waals surface area contributed by atoms with Gasteiger partial charge in [-0.3, -0.25) is 0 Å². The van der Waals surface area contributed by atoms with Gasteiger partial charge in [0.05, 0.1) is 20.2 Å². The molecule has 142 valence electrons. The van der Waals surface area contributed by atoms with Gasteiger partial charge in [-0.15, -0.1) is 0 Å². The predicted octanol–water partition coefficient (Wildman–Crippen LogP) is -2.60. The van der Waals surface area contributed by atoms with Gasteiger partial charge in [-0.1, -0.05) is 71.6 Å². The zero-order valence-electron chi connectivity index (χ0n) is 16.5. The van der Waals surface area contributed by atoms with Gasteiger partial charge in [-0.2, -0.15) is 0 Å². The Balaban J connectivity index is -0.000000164. The number of hydrogen-bond donors (Lipinski definition) is 0. The summed E-state index contributed by atoms with van der Waals surface area (Å²) in [6, 6.07) is 0. The molecule has 0 N–H and O–H groups in total. The third-order valence-electron chi connectivity index (χ3n) is 3.25. The monoisotopic (exact) mass is 418 g/mol. The molecule has 0 heterocycles. The van der Waals surface area contributed by atoms with E-state index in [0.717, 1.165) is 44.9 Å². The van der Waals surface area contributed by atoms with Crippen molar-refractivity contribution < 1.29 is 85.1 Å². The number of rotatable bonds is 13. The molecule has 0 aliphatic rings. The minimum Gasteiger partial charge on any atom is -0.748 e. The Morgan fingerprint density at radius 1 is 0.520 bits per heavy atom. The minimum absolute atomic E-state index is 0. The summed E-state index contributed by atoms with van der Waals surface area (Å²) >= 11 is 0. The summed E-state index contributed by atoms with van der Waals surface area (Å²) in [6.45, 7) is 4.21. The first-order chi connectivity index (χ1) is 10.6. The molecule has 25 heavy (non-hydrogen) atoms. The van der Waals surface area contributed by atoms with Gasteiger partial charge >= 0.3 is 59.1 Å². The predicted molar refractivity (Wildman–Crippen MR) is 91.3 cm³/mol. The van der Waals surface area contributed by atoms with E-state index >= 15 is 0 Å². The van der Waals surface area contributed by atoms with Crippen LogP contribution >= 0.6 is 0 Å². The Hall–Kier alpha value is 1.82. The van der Waals surface area contributed by atoms with Gasteiger partial charge in [0.25, 0.3) is 0 Å². The minimum atomic E-state index is -3.97. The van der Waals surface area contributed by atoms with Crippen LogP contribution in [0, 0.1) is 0 Å². The molecule has 0 amide bonds. The van der Waals surface area contributed by atoms with Crippen LogP contribution in [0.3, 0.4) is 0 Å². The van der Waals surface area contributed by atoms with Crippen molar-refractivity contribution in [3.8, 4) is 0 Å². The molecule has 0 saturated heterocycles. The second kappa shape index (κ2) is 22.1. The third kappa shape index (κ3) is 41.4. The van der Waals surface area contributed by atoms with Crippen LogP contribution < -0.4 is 59.1 Å². The molecule has 0 bridgehead atoms. The van der Waals surface area contributed by atoms with Crippen molar-refractivity contribution in [2.75, 3.05) is 11.5 Å². The topological polar surface area (TPSA) is 114 Å². The van der Waals surface area contributed by atoms with E-state index in [4.69, 9.17) is 0 Å². The fraction of sp³-hybridized carbons (Fsp3) is 1.00. The standard InChI is InChI=1S/C8H18O3S.C7H16O3S.2Na/c1-2-3-4-5-6-7-8-12(9,10)11;1-2-3-4-5-6-7-11(8,9)10;;/h2-8H2,1H3,(H,9,10,11);2-7H2,1H3,(H,8,9,10);;/q;;2*+1/p-2. The molecule has 0 rings (SSSR count). The Morgan fingerprint density at radius 3 is 1.00 bits per heavy atom. The van der Waals surface area contributed by atoms with Crippen molar-refractivity contribution in [3.63, 3.8) is 0 Å².